The number of hydrogen-bond donors (Lipinski definition) is 1. The van der Waals surface area contributed by atoms with Crippen molar-refractivity contribution in [2.75, 3.05) is 7.11 Å². The van der Waals surface area contributed by atoms with Crippen LogP contribution in [0.2, 0.25) is 0 Å². The topological polar surface area (TPSA) is 66.0 Å². The molecule has 3 aromatic rings. The molecule has 2 aromatic heterocycles. The SMILES string of the molecule is COc1ccc2c(c1)nc(-c1sc(CN)nc1C)n2C. The Labute approximate surface area is 121 Å². The molecule has 0 amide bonds. The maximum Gasteiger partial charge on any atom is 0.152 e. The molecule has 0 unspecified atom stereocenters. The summed E-state index contributed by atoms with van der Waals surface area (Å²) in [5, 5.41) is 0.933. The van der Waals surface area contributed by atoms with Crippen molar-refractivity contribution in [2.45, 2.75) is 13.5 Å². The fraction of sp³-hybridized carbons (Fsp3) is 0.286. The third-order valence-electron chi connectivity index (χ3n) is 3.31. The van der Waals surface area contributed by atoms with Crippen molar-refractivity contribution in [3.05, 3.63) is 28.9 Å². The first-order chi connectivity index (χ1) is 9.63. The summed E-state index contributed by atoms with van der Waals surface area (Å²) in [5.41, 5.74) is 8.63. The van der Waals surface area contributed by atoms with E-state index < -0.39 is 0 Å². The van der Waals surface area contributed by atoms with Gasteiger partial charge in [0, 0.05) is 19.7 Å². The van der Waals surface area contributed by atoms with E-state index >= 15 is 0 Å². The van der Waals surface area contributed by atoms with Crippen LogP contribution in [-0.4, -0.2) is 21.6 Å². The molecule has 104 valence electrons. The lowest BCUT2D eigenvalue weighted by atomic mass is 10.3. The molecule has 6 heteroatoms. The van der Waals surface area contributed by atoms with E-state index in [0.29, 0.717) is 6.54 Å². The maximum absolute atomic E-state index is 5.67. The number of benzene rings is 1. The van der Waals surface area contributed by atoms with Gasteiger partial charge in [-0.05, 0) is 19.1 Å². The van der Waals surface area contributed by atoms with Crippen molar-refractivity contribution in [1.29, 1.82) is 0 Å². The Morgan fingerprint density at radius 1 is 1.35 bits per heavy atom. The van der Waals surface area contributed by atoms with Gasteiger partial charge in [0.15, 0.2) is 5.82 Å². The van der Waals surface area contributed by atoms with Gasteiger partial charge in [-0.2, -0.15) is 0 Å². The molecule has 0 aliphatic heterocycles. The number of ether oxygens (including phenoxy) is 1. The molecule has 1 aromatic carbocycles. The van der Waals surface area contributed by atoms with Gasteiger partial charge in [0.25, 0.3) is 0 Å². The Kier molecular flexibility index (Phi) is 3.19. The summed E-state index contributed by atoms with van der Waals surface area (Å²) < 4.78 is 7.33. The van der Waals surface area contributed by atoms with Crippen molar-refractivity contribution in [3.8, 4) is 16.5 Å². The van der Waals surface area contributed by atoms with Crippen LogP contribution in [0.3, 0.4) is 0 Å². The van der Waals surface area contributed by atoms with Crippen molar-refractivity contribution >= 4 is 22.4 Å². The van der Waals surface area contributed by atoms with Gasteiger partial charge in [-0.25, -0.2) is 9.97 Å². The number of nitrogens with zero attached hydrogens (tertiary/aromatic N) is 3. The summed E-state index contributed by atoms with van der Waals surface area (Å²) >= 11 is 1.60. The number of nitrogens with two attached hydrogens (primary N) is 1. The third kappa shape index (κ3) is 1.97. The number of hydrogen-bond acceptors (Lipinski definition) is 5. The third-order valence-corrected chi connectivity index (χ3v) is 4.48. The van der Waals surface area contributed by atoms with Crippen LogP contribution in [0.15, 0.2) is 18.2 Å². The highest BCUT2D eigenvalue weighted by Crippen LogP contribution is 2.32. The minimum Gasteiger partial charge on any atom is -0.497 e. The number of aryl methyl sites for hydroxylation is 2. The molecule has 0 atom stereocenters. The molecule has 5 nitrogen and oxygen atoms in total. The van der Waals surface area contributed by atoms with Gasteiger partial charge in [0.05, 0.1) is 28.7 Å². The molecule has 0 saturated heterocycles. The van der Waals surface area contributed by atoms with Crippen molar-refractivity contribution in [2.24, 2.45) is 12.8 Å². The molecule has 0 aliphatic carbocycles. The molecule has 20 heavy (non-hydrogen) atoms. The van der Waals surface area contributed by atoms with Crippen molar-refractivity contribution in [3.63, 3.8) is 0 Å². The molecule has 0 bridgehead atoms. The number of aromatic nitrogens is 3. The summed E-state index contributed by atoms with van der Waals surface area (Å²) in [6.45, 7) is 2.45. The van der Waals surface area contributed by atoms with E-state index in [1.54, 1.807) is 18.4 Å². The second kappa shape index (κ2) is 4.88. The summed E-state index contributed by atoms with van der Waals surface area (Å²) in [6, 6.07) is 5.91. The zero-order valence-corrected chi connectivity index (χ0v) is 12.5. The number of fused-ring (bicyclic) bond motifs is 1. The fourth-order valence-electron chi connectivity index (χ4n) is 2.26. The van der Waals surface area contributed by atoms with E-state index in [4.69, 9.17) is 15.5 Å². The van der Waals surface area contributed by atoms with E-state index in [-0.39, 0.29) is 0 Å². The second-order valence-corrected chi connectivity index (χ2v) is 5.66. The highest BCUT2D eigenvalue weighted by molar-refractivity contribution is 7.15. The molecular weight excluding hydrogens is 272 g/mol. The van der Waals surface area contributed by atoms with Crippen LogP contribution >= 0.6 is 11.3 Å². The second-order valence-electron chi connectivity index (χ2n) is 4.58. The molecule has 0 fully saturated rings. The van der Waals surface area contributed by atoms with Crippen LogP contribution in [0, 0.1) is 6.92 Å². The highest BCUT2D eigenvalue weighted by atomic mass is 32.1. The van der Waals surface area contributed by atoms with E-state index in [9.17, 15) is 0 Å². The number of thiazole rings is 1. The molecule has 0 saturated carbocycles. The predicted octanol–water partition coefficient (Wildman–Crippen LogP) is 2.47. The molecule has 0 spiro atoms. The highest BCUT2D eigenvalue weighted by Gasteiger charge is 2.16. The minimum absolute atomic E-state index is 0.462. The normalized spacial score (nSPS) is 11.2. The standard InChI is InChI=1S/C14H16N4OS/c1-8-13(20-12(7-15)16-8)14-17-10-6-9(19-3)4-5-11(10)18(14)2/h4-6H,7,15H2,1-3H3. The average molecular weight is 288 g/mol. The Bertz CT molecular complexity index is 775. The fourth-order valence-corrected chi connectivity index (χ4v) is 3.23. The van der Waals surface area contributed by atoms with E-state index in [0.717, 1.165) is 38.2 Å². The van der Waals surface area contributed by atoms with E-state index in [1.807, 2.05) is 32.2 Å². The van der Waals surface area contributed by atoms with Crippen LogP contribution in [0.5, 0.6) is 5.75 Å². The summed E-state index contributed by atoms with van der Waals surface area (Å²) in [7, 11) is 3.67. The van der Waals surface area contributed by atoms with Crippen LogP contribution in [0.4, 0.5) is 0 Å². The lowest BCUT2D eigenvalue weighted by Crippen LogP contribution is -1.94. The molecule has 2 heterocycles. The summed E-state index contributed by atoms with van der Waals surface area (Å²) in [5.74, 6) is 1.73. The van der Waals surface area contributed by atoms with Gasteiger partial charge in [-0.15, -0.1) is 11.3 Å². The van der Waals surface area contributed by atoms with Crippen LogP contribution in [0.25, 0.3) is 21.7 Å². The van der Waals surface area contributed by atoms with Gasteiger partial charge >= 0.3 is 0 Å². The Balaban J connectivity index is 2.20. The number of rotatable bonds is 3. The molecule has 0 radical (unpaired) electrons. The molecule has 0 aliphatic rings. The van der Waals surface area contributed by atoms with Crippen LogP contribution in [-0.2, 0) is 13.6 Å². The van der Waals surface area contributed by atoms with Crippen LogP contribution < -0.4 is 10.5 Å². The monoisotopic (exact) mass is 288 g/mol. The molecule has 2 N–H and O–H groups in total. The Morgan fingerprint density at radius 2 is 2.15 bits per heavy atom. The summed E-state index contributed by atoms with van der Waals surface area (Å²) in [6.07, 6.45) is 0. The van der Waals surface area contributed by atoms with Crippen molar-refractivity contribution in [1.82, 2.24) is 14.5 Å². The van der Waals surface area contributed by atoms with Gasteiger partial charge in [-0.3, -0.25) is 0 Å². The summed E-state index contributed by atoms with van der Waals surface area (Å²) in [4.78, 5) is 10.3. The minimum atomic E-state index is 0.462. The zero-order valence-electron chi connectivity index (χ0n) is 11.7. The smallest absolute Gasteiger partial charge is 0.152 e. The number of imidazole rings is 1. The number of methoxy groups -OCH3 is 1. The molecule has 3 rings (SSSR count). The lowest BCUT2D eigenvalue weighted by Gasteiger charge is -2.01. The Hall–Kier alpha value is -1.92. The molecular formula is C14H16N4OS. The lowest BCUT2D eigenvalue weighted by molar-refractivity contribution is 0.415. The van der Waals surface area contributed by atoms with E-state index in [1.165, 1.54) is 0 Å². The van der Waals surface area contributed by atoms with E-state index in [2.05, 4.69) is 9.55 Å². The Morgan fingerprint density at radius 3 is 2.80 bits per heavy atom. The average Bonchev–Trinajstić information content (AvgIpc) is 2.99. The predicted molar refractivity (Wildman–Crippen MR) is 81.0 cm³/mol. The maximum atomic E-state index is 5.67. The van der Waals surface area contributed by atoms with Gasteiger partial charge in [-0.1, -0.05) is 0 Å². The quantitative estimate of drug-likeness (QED) is 0.804. The van der Waals surface area contributed by atoms with Crippen molar-refractivity contribution < 1.29 is 4.74 Å². The van der Waals surface area contributed by atoms with Crippen LogP contribution in [0.1, 0.15) is 10.7 Å². The van der Waals surface area contributed by atoms with Gasteiger partial charge in [0.2, 0.25) is 0 Å². The largest absolute Gasteiger partial charge is 0.497 e. The van der Waals surface area contributed by atoms with Gasteiger partial charge < -0.3 is 15.0 Å². The van der Waals surface area contributed by atoms with Gasteiger partial charge in [0.1, 0.15) is 10.8 Å². The first-order valence-corrected chi connectivity index (χ1v) is 7.13. The zero-order chi connectivity index (χ0) is 14.3. The first-order valence-electron chi connectivity index (χ1n) is 6.31. The first kappa shape index (κ1) is 13.1.